The summed E-state index contributed by atoms with van der Waals surface area (Å²) in [6.07, 6.45) is -0.732. The van der Waals surface area contributed by atoms with Gasteiger partial charge in [0.25, 0.3) is 5.91 Å². The molecule has 0 heterocycles. The molecular weight excluding hydrogens is 330 g/mol. The van der Waals surface area contributed by atoms with Crippen LogP contribution in [0.1, 0.15) is 22.8 Å². The summed E-state index contributed by atoms with van der Waals surface area (Å²) in [5.74, 6) is -0.293. The minimum Gasteiger partial charge on any atom is -0.481 e. The van der Waals surface area contributed by atoms with Gasteiger partial charge in [-0.2, -0.15) is 0 Å². The molecule has 0 aromatic heterocycles. The average Bonchev–Trinajstić information content (AvgIpc) is 2.56. The number of esters is 1. The summed E-state index contributed by atoms with van der Waals surface area (Å²) >= 11 is 5.89. The molecule has 0 saturated carbocycles. The predicted octanol–water partition coefficient (Wildman–Crippen LogP) is 3.84. The fourth-order valence-electron chi connectivity index (χ4n) is 2.03. The molecule has 0 unspecified atom stereocenters. The maximum Gasteiger partial charge on any atom is 0.337 e. The van der Waals surface area contributed by atoms with Crippen molar-refractivity contribution in [3.63, 3.8) is 0 Å². The van der Waals surface area contributed by atoms with Gasteiger partial charge in [-0.1, -0.05) is 23.7 Å². The van der Waals surface area contributed by atoms with Gasteiger partial charge in [0.2, 0.25) is 0 Å². The number of carbonyl (C=O) groups excluding carboxylic acids is 2. The van der Waals surface area contributed by atoms with E-state index in [1.54, 1.807) is 49.4 Å². The van der Waals surface area contributed by atoms with Gasteiger partial charge in [-0.25, -0.2) is 4.79 Å². The second-order valence-electron chi connectivity index (χ2n) is 5.23. The molecule has 0 aliphatic heterocycles. The van der Waals surface area contributed by atoms with Crippen molar-refractivity contribution in [2.24, 2.45) is 0 Å². The fourth-order valence-corrected chi connectivity index (χ4v) is 2.21. The third-order valence-corrected chi connectivity index (χ3v) is 3.63. The predicted molar refractivity (Wildman–Crippen MR) is 92.7 cm³/mol. The number of nitrogens with one attached hydrogen (secondary N) is 1. The normalized spacial score (nSPS) is 11.5. The molecule has 2 aromatic carbocycles. The third-order valence-electron chi connectivity index (χ3n) is 3.39. The van der Waals surface area contributed by atoms with Crippen LogP contribution in [0.15, 0.2) is 42.5 Å². The number of hydrogen-bond acceptors (Lipinski definition) is 4. The Hall–Kier alpha value is -2.53. The summed E-state index contributed by atoms with van der Waals surface area (Å²) in [5, 5.41) is 3.29. The molecule has 24 heavy (non-hydrogen) atoms. The first-order chi connectivity index (χ1) is 11.4. The monoisotopic (exact) mass is 347 g/mol. The number of rotatable bonds is 5. The van der Waals surface area contributed by atoms with Crippen molar-refractivity contribution in [3.05, 3.63) is 58.6 Å². The van der Waals surface area contributed by atoms with Gasteiger partial charge < -0.3 is 14.8 Å². The van der Waals surface area contributed by atoms with E-state index in [1.165, 1.54) is 7.11 Å². The van der Waals surface area contributed by atoms with Crippen LogP contribution in [0.3, 0.4) is 0 Å². The van der Waals surface area contributed by atoms with E-state index in [-0.39, 0.29) is 5.91 Å². The second kappa shape index (κ2) is 7.84. The van der Waals surface area contributed by atoms with Crippen LogP contribution in [0.4, 0.5) is 5.69 Å². The maximum absolute atomic E-state index is 12.3. The van der Waals surface area contributed by atoms with E-state index in [9.17, 15) is 9.59 Å². The molecule has 0 bridgehead atoms. The van der Waals surface area contributed by atoms with Crippen LogP contribution in [0.5, 0.6) is 5.75 Å². The molecule has 0 spiro atoms. The highest BCUT2D eigenvalue weighted by atomic mass is 35.5. The molecule has 2 rings (SSSR count). The van der Waals surface area contributed by atoms with Gasteiger partial charge in [-0.15, -0.1) is 0 Å². The van der Waals surface area contributed by atoms with Gasteiger partial charge in [0.1, 0.15) is 5.75 Å². The highest BCUT2D eigenvalue weighted by molar-refractivity contribution is 6.30. The van der Waals surface area contributed by atoms with Crippen molar-refractivity contribution < 1.29 is 19.1 Å². The highest BCUT2D eigenvalue weighted by Gasteiger charge is 2.17. The molecule has 0 saturated heterocycles. The number of ether oxygens (including phenoxy) is 2. The molecule has 0 aliphatic carbocycles. The van der Waals surface area contributed by atoms with Crippen molar-refractivity contribution in [1.29, 1.82) is 0 Å². The van der Waals surface area contributed by atoms with Crippen LogP contribution in [-0.2, 0) is 9.53 Å². The van der Waals surface area contributed by atoms with Crippen LogP contribution in [0.2, 0.25) is 5.02 Å². The fraction of sp³-hybridized carbons (Fsp3) is 0.222. The van der Waals surface area contributed by atoms with Crippen LogP contribution >= 0.6 is 11.6 Å². The number of hydrogen-bond donors (Lipinski definition) is 1. The van der Waals surface area contributed by atoms with Gasteiger partial charge in [0, 0.05) is 10.7 Å². The van der Waals surface area contributed by atoms with E-state index >= 15 is 0 Å². The number of aryl methyl sites for hydroxylation is 1. The average molecular weight is 348 g/mol. The summed E-state index contributed by atoms with van der Waals surface area (Å²) in [7, 11) is 1.31. The third kappa shape index (κ3) is 4.49. The summed E-state index contributed by atoms with van der Waals surface area (Å²) in [6, 6.07) is 11.8. The Morgan fingerprint density at radius 1 is 1.17 bits per heavy atom. The number of anilines is 1. The molecule has 0 aliphatic rings. The lowest BCUT2D eigenvalue weighted by Gasteiger charge is -2.16. The molecule has 0 fully saturated rings. The molecule has 1 amide bonds. The van der Waals surface area contributed by atoms with Crippen LogP contribution in [-0.4, -0.2) is 25.1 Å². The maximum atomic E-state index is 12.3. The van der Waals surface area contributed by atoms with E-state index in [2.05, 4.69) is 10.1 Å². The number of halogens is 1. The highest BCUT2D eigenvalue weighted by Crippen LogP contribution is 2.20. The summed E-state index contributed by atoms with van der Waals surface area (Å²) < 4.78 is 10.3. The van der Waals surface area contributed by atoms with Gasteiger partial charge in [-0.3, -0.25) is 4.79 Å². The number of methoxy groups -OCH3 is 1. The second-order valence-corrected chi connectivity index (χ2v) is 5.66. The zero-order valence-corrected chi connectivity index (χ0v) is 14.4. The van der Waals surface area contributed by atoms with Crippen molar-refractivity contribution in [2.75, 3.05) is 12.4 Å². The quantitative estimate of drug-likeness (QED) is 0.834. The Morgan fingerprint density at radius 3 is 2.58 bits per heavy atom. The van der Waals surface area contributed by atoms with E-state index in [0.717, 1.165) is 5.56 Å². The van der Waals surface area contributed by atoms with Crippen molar-refractivity contribution >= 4 is 29.2 Å². The van der Waals surface area contributed by atoms with E-state index in [1.807, 2.05) is 6.92 Å². The summed E-state index contributed by atoms with van der Waals surface area (Å²) in [5.41, 5.74) is 1.72. The lowest BCUT2D eigenvalue weighted by molar-refractivity contribution is -0.122. The SMILES string of the molecule is COC(=O)c1ccc(C)c(NC(=O)[C@@H](C)Oc2cccc(Cl)c2)c1. The van der Waals surface area contributed by atoms with E-state index in [0.29, 0.717) is 22.0 Å². The molecule has 6 heteroatoms. The molecule has 2 aromatic rings. The standard InChI is InChI=1S/C18H18ClNO4/c1-11-7-8-13(18(22)23-3)9-16(11)20-17(21)12(2)24-15-6-4-5-14(19)10-15/h4-10,12H,1-3H3,(H,20,21)/t12-/m1/s1. The Balaban J connectivity index is 2.09. The lowest BCUT2D eigenvalue weighted by atomic mass is 10.1. The van der Waals surface area contributed by atoms with Crippen molar-refractivity contribution in [3.8, 4) is 5.75 Å². The minimum atomic E-state index is -0.732. The van der Waals surface area contributed by atoms with Crippen LogP contribution < -0.4 is 10.1 Å². The summed E-state index contributed by atoms with van der Waals surface area (Å²) in [6.45, 7) is 3.47. The zero-order chi connectivity index (χ0) is 17.7. The van der Waals surface area contributed by atoms with Crippen LogP contribution in [0, 0.1) is 6.92 Å². The Bertz CT molecular complexity index is 760. The minimum absolute atomic E-state index is 0.333. The molecule has 0 radical (unpaired) electrons. The van der Waals surface area contributed by atoms with E-state index in [4.69, 9.17) is 16.3 Å². The number of amides is 1. The van der Waals surface area contributed by atoms with E-state index < -0.39 is 12.1 Å². The first-order valence-electron chi connectivity index (χ1n) is 7.32. The first-order valence-corrected chi connectivity index (χ1v) is 7.70. The largest absolute Gasteiger partial charge is 0.481 e. The lowest BCUT2D eigenvalue weighted by Crippen LogP contribution is -2.30. The Morgan fingerprint density at radius 2 is 1.92 bits per heavy atom. The van der Waals surface area contributed by atoms with Gasteiger partial charge in [0.15, 0.2) is 6.10 Å². The molecule has 1 N–H and O–H groups in total. The Labute approximate surface area is 145 Å². The first kappa shape index (κ1) is 17.8. The molecule has 1 atom stereocenters. The number of carbonyl (C=O) groups is 2. The molecule has 5 nitrogen and oxygen atoms in total. The van der Waals surface area contributed by atoms with Crippen LogP contribution in [0.25, 0.3) is 0 Å². The Kier molecular flexibility index (Phi) is 5.82. The zero-order valence-electron chi connectivity index (χ0n) is 13.6. The van der Waals surface area contributed by atoms with Crippen molar-refractivity contribution in [1.82, 2.24) is 0 Å². The topological polar surface area (TPSA) is 64.6 Å². The van der Waals surface area contributed by atoms with Crippen molar-refractivity contribution in [2.45, 2.75) is 20.0 Å². The smallest absolute Gasteiger partial charge is 0.337 e. The summed E-state index contributed by atoms with van der Waals surface area (Å²) in [4.78, 5) is 23.9. The van der Waals surface area contributed by atoms with Gasteiger partial charge in [-0.05, 0) is 49.7 Å². The molecular formula is C18H18ClNO4. The van der Waals surface area contributed by atoms with Gasteiger partial charge >= 0.3 is 5.97 Å². The van der Waals surface area contributed by atoms with Gasteiger partial charge in [0.05, 0.1) is 12.7 Å². The number of benzene rings is 2. The molecule has 126 valence electrons.